The van der Waals surface area contributed by atoms with Crippen LogP contribution in [0.2, 0.25) is 0 Å². The van der Waals surface area contributed by atoms with Crippen molar-refractivity contribution in [2.24, 2.45) is 11.1 Å². The molecule has 2 N–H and O–H groups in total. The van der Waals surface area contributed by atoms with Gasteiger partial charge in [-0.1, -0.05) is 32.5 Å². The average molecular weight is 391 g/mol. The van der Waals surface area contributed by atoms with Gasteiger partial charge in [0.05, 0.1) is 11.7 Å². The fourth-order valence-electron chi connectivity index (χ4n) is 3.22. The number of imidazole rings is 1. The van der Waals surface area contributed by atoms with Crippen molar-refractivity contribution in [1.82, 2.24) is 14.4 Å². The maximum absolute atomic E-state index is 11.6. The zero-order valence-electron chi connectivity index (χ0n) is 15.2. The number of pyridine rings is 1. The molecule has 1 amide bonds. The summed E-state index contributed by atoms with van der Waals surface area (Å²) in [5, 5.41) is 1.95. The number of hydrogen-bond acceptors (Lipinski definition) is 6. The highest BCUT2D eigenvalue weighted by Gasteiger charge is 2.39. The Morgan fingerprint density at radius 3 is 2.73 bits per heavy atom. The topological polar surface area (TPSA) is 82.5 Å². The van der Waals surface area contributed by atoms with E-state index in [1.807, 2.05) is 35.0 Å². The molecule has 0 bridgehead atoms. The lowest BCUT2D eigenvalue weighted by molar-refractivity contribution is -0.0100. The molecule has 0 fully saturated rings. The van der Waals surface area contributed by atoms with Crippen molar-refractivity contribution in [3.63, 3.8) is 0 Å². The van der Waals surface area contributed by atoms with E-state index in [1.165, 1.54) is 0 Å². The first kappa shape index (κ1) is 18.7. The van der Waals surface area contributed by atoms with E-state index in [0.717, 1.165) is 14.8 Å². The molecule has 1 unspecified atom stereocenters. The molecule has 3 rings (SSSR count). The standard InChI is InChI=1S/C18H22N4O2S2/c1-17(2,3)11-18(4,24-15(19)23)14-21-10-12-13(6-5-8-22(12)14)26-16-20-7-9-25-16/h5-10H,11H2,1-4H3,(H2,19,23). The zero-order valence-corrected chi connectivity index (χ0v) is 16.9. The van der Waals surface area contributed by atoms with Crippen molar-refractivity contribution < 1.29 is 9.53 Å². The van der Waals surface area contributed by atoms with Gasteiger partial charge in [-0.05, 0) is 30.9 Å². The number of carbonyl (C=O) groups is 1. The molecule has 6 nitrogen and oxygen atoms in total. The first-order valence-electron chi connectivity index (χ1n) is 8.20. The maximum Gasteiger partial charge on any atom is 0.405 e. The smallest absolute Gasteiger partial charge is 0.405 e. The Labute approximate surface area is 160 Å². The molecule has 0 radical (unpaired) electrons. The van der Waals surface area contributed by atoms with Crippen LogP contribution in [0.25, 0.3) is 5.52 Å². The number of primary amides is 1. The summed E-state index contributed by atoms with van der Waals surface area (Å²) < 4.78 is 8.48. The van der Waals surface area contributed by atoms with Crippen molar-refractivity contribution in [1.29, 1.82) is 0 Å². The fourth-order valence-corrected chi connectivity index (χ4v) is 4.92. The van der Waals surface area contributed by atoms with Crippen molar-refractivity contribution in [2.45, 2.75) is 49.0 Å². The quantitative estimate of drug-likeness (QED) is 0.683. The molecule has 0 aliphatic carbocycles. The Balaban J connectivity index is 2.07. The Hall–Kier alpha value is -2.06. The summed E-state index contributed by atoms with van der Waals surface area (Å²) in [6.45, 7) is 8.14. The highest BCUT2D eigenvalue weighted by molar-refractivity contribution is 8.01. The lowest BCUT2D eigenvalue weighted by Crippen LogP contribution is -2.37. The number of carbonyl (C=O) groups excluding carboxylic acids is 1. The predicted octanol–water partition coefficient (Wildman–Crippen LogP) is 4.69. The van der Waals surface area contributed by atoms with E-state index < -0.39 is 11.7 Å². The maximum atomic E-state index is 11.6. The summed E-state index contributed by atoms with van der Waals surface area (Å²) in [7, 11) is 0. The van der Waals surface area contributed by atoms with Crippen LogP contribution >= 0.6 is 23.1 Å². The van der Waals surface area contributed by atoms with E-state index in [1.54, 1.807) is 35.5 Å². The number of amides is 1. The molecule has 0 aliphatic heterocycles. The third kappa shape index (κ3) is 4.02. The van der Waals surface area contributed by atoms with Crippen molar-refractivity contribution in [3.05, 3.63) is 41.9 Å². The summed E-state index contributed by atoms with van der Waals surface area (Å²) in [4.78, 5) is 21.5. The summed E-state index contributed by atoms with van der Waals surface area (Å²) in [5.41, 5.74) is 5.29. The molecule has 0 aromatic carbocycles. The number of thiazole rings is 1. The number of rotatable bonds is 5. The van der Waals surface area contributed by atoms with E-state index in [0.29, 0.717) is 12.2 Å². The molecule has 1 atom stereocenters. The molecule has 0 spiro atoms. The highest BCUT2D eigenvalue weighted by Crippen LogP contribution is 2.39. The van der Waals surface area contributed by atoms with Gasteiger partial charge in [0.2, 0.25) is 0 Å². The van der Waals surface area contributed by atoms with Gasteiger partial charge in [0.15, 0.2) is 15.8 Å². The van der Waals surface area contributed by atoms with Crippen molar-refractivity contribution in [2.75, 3.05) is 0 Å². The van der Waals surface area contributed by atoms with Crippen molar-refractivity contribution >= 4 is 34.7 Å². The van der Waals surface area contributed by atoms with Gasteiger partial charge >= 0.3 is 6.09 Å². The fraction of sp³-hybridized carbons (Fsp3) is 0.389. The molecule has 138 valence electrons. The van der Waals surface area contributed by atoms with E-state index in [-0.39, 0.29) is 5.41 Å². The Morgan fingerprint density at radius 2 is 2.12 bits per heavy atom. The lowest BCUT2D eigenvalue weighted by Gasteiger charge is -2.33. The molecule has 0 saturated carbocycles. The Kier molecular flexibility index (Phi) is 4.98. The number of ether oxygens (including phenoxy) is 1. The van der Waals surface area contributed by atoms with E-state index in [4.69, 9.17) is 10.5 Å². The third-order valence-corrected chi connectivity index (χ3v) is 5.75. The van der Waals surface area contributed by atoms with Gasteiger partial charge in [0.1, 0.15) is 0 Å². The number of fused-ring (bicyclic) bond motifs is 1. The van der Waals surface area contributed by atoms with Crippen LogP contribution in [-0.4, -0.2) is 20.5 Å². The first-order valence-corrected chi connectivity index (χ1v) is 9.90. The van der Waals surface area contributed by atoms with Crippen LogP contribution < -0.4 is 5.73 Å². The van der Waals surface area contributed by atoms with Gasteiger partial charge in [0, 0.05) is 22.7 Å². The summed E-state index contributed by atoms with van der Waals surface area (Å²) in [5.74, 6) is 0.655. The van der Waals surface area contributed by atoms with Gasteiger partial charge in [0.25, 0.3) is 0 Å². The van der Waals surface area contributed by atoms with Gasteiger partial charge in [-0.15, -0.1) is 11.3 Å². The summed E-state index contributed by atoms with van der Waals surface area (Å²) in [6.07, 6.45) is 5.30. The van der Waals surface area contributed by atoms with E-state index >= 15 is 0 Å². The second-order valence-corrected chi connectivity index (χ2v) is 9.68. The Bertz CT molecular complexity index is 915. The van der Waals surface area contributed by atoms with Crippen LogP contribution in [0.3, 0.4) is 0 Å². The van der Waals surface area contributed by atoms with E-state index in [9.17, 15) is 4.79 Å². The predicted molar refractivity (Wildman–Crippen MR) is 104 cm³/mol. The molecule has 0 saturated heterocycles. The van der Waals surface area contributed by atoms with Crippen LogP contribution in [0, 0.1) is 5.41 Å². The molecule has 3 aromatic heterocycles. The van der Waals surface area contributed by atoms with Crippen molar-refractivity contribution in [3.8, 4) is 0 Å². The molecular weight excluding hydrogens is 368 g/mol. The molecular formula is C18H22N4O2S2. The minimum Gasteiger partial charge on any atom is -0.435 e. The first-order chi connectivity index (χ1) is 12.2. The molecule has 3 aromatic rings. The van der Waals surface area contributed by atoms with Crippen LogP contribution in [0.5, 0.6) is 0 Å². The van der Waals surface area contributed by atoms with Gasteiger partial charge in [-0.25, -0.2) is 14.8 Å². The van der Waals surface area contributed by atoms with Crippen LogP contribution in [-0.2, 0) is 10.3 Å². The van der Waals surface area contributed by atoms with Crippen LogP contribution in [0.4, 0.5) is 4.79 Å². The largest absolute Gasteiger partial charge is 0.435 e. The molecule has 26 heavy (non-hydrogen) atoms. The minimum atomic E-state index is -0.930. The van der Waals surface area contributed by atoms with Gasteiger partial charge < -0.3 is 10.5 Å². The summed E-state index contributed by atoms with van der Waals surface area (Å²) >= 11 is 3.18. The Morgan fingerprint density at radius 1 is 1.35 bits per heavy atom. The lowest BCUT2D eigenvalue weighted by atomic mass is 9.82. The molecule has 3 heterocycles. The highest BCUT2D eigenvalue weighted by atomic mass is 32.2. The monoisotopic (exact) mass is 390 g/mol. The zero-order chi connectivity index (χ0) is 18.9. The number of hydrogen-bond donors (Lipinski definition) is 1. The third-order valence-electron chi connectivity index (χ3n) is 3.81. The summed E-state index contributed by atoms with van der Waals surface area (Å²) in [6, 6.07) is 3.98. The molecule has 8 heteroatoms. The van der Waals surface area contributed by atoms with Crippen LogP contribution in [0.1, 0.15) is 39.9 Å². The van der Waals surface area contributed by atoms with Crippen LogP contribution in [0.15, 0.2) is 45.3 Å². The normalized spacial score (nSPS) is 14.3. The average Bonchev–Trinajstić information content (AvgIpc) is 3.13. The SMILES string of the molecule is CC(C)(C)CC(C)(OC(N)=O)c1ncc2c(Sc3nccs3)cccn12. The second-order valence-electron chi connectivity index (χ2n) is 7.50. The molecule has 0 aliphatic rings. The van der Waals surface area contributed by atoms with Gasteiger partial charge in [-0.3, -0.25) is 4.40 Å². The second kappa shape index (κ2) is 6.92. The number of nitrogens with two attached hydrogens (primary N) is 1. The number of aromatic nitrogens is 3. The number of nitrogens with zero attached hydrogens (tertiary/aromatic N) is 3. The van der Waals surface area contributed by atoms with E-state index in [2.05, 4.69) is 30.7 Å². The van der Waals surface area contributed by atoms with Gasteiger partial charge in [-0.2, -0.15) is 0 Å². The minimum absolute atomic E-state index is 0.0801.